The van der Waals surface area contributed by atoms with Crippen molar-refractivity contribution in [2.24, 2.45) is 0 Å². The Morgan fingerprint density at radius 2 is 2.07 bits per heavy atom. The fourth-order valence-corrected chi connectivity index (χ4v) is 3.53. The number of amides is 1. The summed E-state index contributed by atoms with van der Waals surface area (Å²) in [7, 11) is 0. The van der Waals surface area contributed by atoms with Gasteiger partial charge in [0.15, 0.2) is 0 Å². The molecule has 1 fully saturated rings. The highest BCUT2D eigenvalue weighted by Crippen LogP contribution is 2.40. The molecule has 1 aromatic carbocycles. The van der Waals surface area contributed by atoms with Crippen LogP contribution in [-0.4, -0.2) is 33.3 Å². The minimum atomic E-state index is -0.851. The molecular formula is C23H20N2O5. The second-order valence-electron chi connectivity index (χ2n) is 6.76. The average molecular weight is 404 g/mol. The van der Waals surface area contributed by atoms with Crippen LogP contribution in [0, 0.1) is 0 Å². The predicted octanol–water partition coefficient (Wildman–Crippen LogP) is 3.70. The lowest BCUT2D eigenvalue weighted by Crippen LogP contribution is -2.29. The Labute approximate surface area is 173 Å². The highest BCUT2D eigenvalue weighted by atomic mass is 16.5. The molecule has 2 aromatic heterocycles. The molecule has 1 saturated heterocycles. The van der Waals surface area contributed by atoms with Gasteiger partial charge in [-0.25, -0.2) is 0 Å². The molecule has 4 rings (SSSR count). The molecule has 7 nitrogen and oxygen atoms in total. The molecule has 152 valence electrons. The van der Waals surface area contributed by atoms with E-state index in [1.807, 2.05) is 13.0 Å². The molecule has 0 radical (unpaired) electrons. The maximum absolute atomic E-state index is 12.9. The third-order valence-electron chi connectivity index (χ3n) is 4.85. The number of carbonyl (C=O) groups is 2. The first kappa shape index (κ1) is 19.4. The van der Waals surface area contributed by atoms with E-state index < -0.39 is 17.7 Å². The highest BCUT2D eigenvalue weighted by Gasteiger charge is 2.47. The summed E-state index contributed by atoms with van der Waals surface area (Å²) in [6.45, 7) is 2.47. The van der Waals surface area contributed by atoms with Gasteiger partial charge in [0.05, 0.1) is 18.4 Å². The predicted molar refractivity (Wildman–Crippen MR) is 108 cm³/mol. The lowest BCUT2D eigenvalue weighted by atomic mass is 9.99. The van der Waals surface area contributed by atoms with Gasteiger partial charge in [-0.1, -0.05) is 18.2 Å². The molecule has 0 aliphatic carbocycles. The van der Waals surface area contributed by atoms with Gasteiger partial charge in [-0.2, -0.15) is 0 Å². The first-order valence-corrected chi connectivity index (χ1v) is 9.54. The van der Waals surface area contributed by atoms with Crippen molar-refractivity contribution in [3.63, 3.8) is 0 Å². The van der Waals surface area contributed by atoms with Crippen LogP contribution in [-0.2, 0) is 16.1 Å². The Morgan fingerprint density at radius 3 is 2.77 bits per heavy atom. The smallest absolute Gasteiger partial charge is 0.296 e. The Bertz CT molecular complexity index is 1090. The van der Waals surface area contributed by atoms with Gasteiger partial charge in [0.2, 0.25) is 0 Å². The number of ether oxygens (including phenoxy) is 1. The molecule has 1 aliphatic heterocycles. The van der Waals surface area contributed by atoms with E-state index in [2.05, 4.69) is 4.98 Å². The zero-order valence-corrected chi connectivity index (χ0v) is 16.3. The molecule has 3 heterocycles. The zero-order valence-electron chi connectivity index (χ0n) is 16.3. The Balaban J connectivity index is 1.81. The highest BCUT2D eigenvalue weighted by molar-refractivity contribution is 6.46. The number of aromatic nitrogens is 1. The van der Waals surface area contributed by atoms with E-state index in [9.17, 15) is 14.7 Å². The first-order chi connectivity index (χ1) is 14.6. The van der Waals surface area contributed by atoms with Crippen molar-refractivity contribution in [3.8, 4) is 5.75 Å². The number of benzene rings is 1. The molecule has 1 amide bonds. The van der Waals surface area contributed by atoms with Crippen molar-refractivity contribution in [2.75, 3.05) is 6.61 Å². The second-order valence-corrected chi connectivity index (χ2v) is 6.76. The topological polar surface area (TPSA) is 92.9 Å². The Hall–Kier alpha value is -3.87. The number of nitrogens with zero attached hydrogens (tertiary/aromatic N) is 2. The second kappa shape index (κ2) is 8.24. The van der Waals surface area contributed by atoms with Crippen molar-refractivity contribution in [2.45, 2.75) is 19.5 Å². The van der Waals surface area contributed by atoms with Gasteiger partial charge >= 0.3 is 0 Å². The summed E-state index contributed by atoms with van der Waals surface area (Å²) in [5.74, 6) is -0.798. The van der Waals surface area contributed by atoms with E-state index in [0.29, 0.717) is 23.7 Å². The van der Waals surface area contributed by atoms with Crippen molar-refractivity contribution in [1.29, 1.82) is 0 Å². The number of ketones is 1. The van der Waals surface area contributed by atoms with E-state index >= 15 is 0 Å². The normalized spacial score (nSPS) is 18.0. The summed E-state index contributed by atoms with van der Waals surface area (Å²) in [6, 6.07) is 12.8. The van der Waals surface area contributed by atoms with E-state index in [-0.39, 0.29) is 17.9 Å². The largest absolute Gasteiger partial charge is 0.507 e. The van der Waals surface area contributed by atoms with Crippen LogP contribution < -0.4 is 4.74 Å². The minimum absolute atomic E-state index is 0.0208. The average Bonchev–Trinajstić information content (AvgIpc) is 3.37. The van der Waals surface area contributed by atoms with E-state index in [4.69, 9.17) is 9.15 Å². The van der Waals surface area contributed by atoms with E-state index in [1.54, 1.807) is 54.9 Å². The summed E-state index contributed by atoms with van der Waals surface area (Å²) < 4.78 is 11.0. The summed E-state index contributed by atoms with van der Waals surface area (Å²) in [5, 5.41) is 11.0. The van der Waals surface area contributed by atoms with Gasteiger partial charge in [-0.05, 0) is 42.8 Å². The van der Waals surface area contributed by atoms with E-state index in [1.165, 1.54) is 11.2 Å². The summed E-state index contributed by atoms with van der Waals surface area (Å²) in [5.41, 5.74) is 1.12. The van der Waals surface area contributed by atoms with Crippen LogP contribution in [0.1, 0.15) is 29.9 Å². The number of hydrogen-bond acceptors (Lipinski definition) is 6. The van der Waals surface area contributed by atoms with Crippen LogP contribution in [0.5, 0.6) is 5.75 Å². The molecule has 0 unspecified atom stereocenters. The van der Waals surface area contributed by atoms with Crippen molar-refractivity contribution in [1.82, 2.24) is 9.88 Å². The molecule has 1 aliphatic rings. The van der Waals surface area contributed by atoms with Crippen LogP contribution in [0.2, 0.25) is 0 Å². The van der Waals surface area contributed by atoms with Crippen LogP contribution in [0.3, 0.4) is 0 Å². The van der Waals surface area contributed by atoms with Gasteiger partial charge in [0.1, 0.15) is 23.3 Å². The number of aliphatic hydroxyl groups is 1. The molecule has 0 bridgehead atoms. The number of Topliss-reactive ketones (excluding diaryl/α,β-unsaturated/α-hetero) is 1. The molecule has 0 spiro atoms. The number of furan rings is 1. The lowest BCUT2D eigenvalue weighted by Gasteiger charge is -2.23. The number of hydrogen-bond donors (Lipinski definition) is 1. The maximum Gasteiger partial charge on any atom is 0.296 e. The van der Waals surface area contributed by atoms with Gasteiger partial charge in [-0.3, -0.25) is 14.6 Å². The number of aliphatic hydroxyl groups excluding tert-OH is 1. The SMILES string of the molecule is CCOc1cccc(C(O)=C2C(=O)C(=O)N(Cc3cccnc3)[C@H]2c2ccco2)c1. The number of carbonyl (C=O) groups excluding carboxylic acids is 2. The van der Waals surface area contributed by atoms with Crippen molar-refractivity contribution in [3.05, 3.63) is 89.6 Å². The molecule has 1 N–H and O–H groups in total. The van der Waals surface area contributed by atoms with Gasteiger partial charge in [0.25, 0.3) is 11.7 Å². The monoisotopic (exact) mass is 404 g/mol. The number of likely N-dealkylation sites (tertiary alicyclic amines) is 1. The van der Waals surface area contributed by atoms with Crippen LogP contribution >= 0.6 is 0 Å². The molecule has 0 saturated carbocycles. The van der Waals surface area contributed by atoms with Gasteiger partial charge < -0.3 is 19.2 Å². The van der Waals surface area contributed by atoms with Crippen LogP contribution in [0.25, 0.3) is 5.76 Å². The lowest BCUT2D eigenvalue weighted by molar-refractivity contribution is -0.140. The maximum atomic E-state index is 12.9. The van der Waals surface area contributed by atoms with E-state index in [0.717, 1.165) is 5.56 Å². The number of pyridine rings is 1. The summed E-state index contributed by atoms with van der Waals surface area (Å²) in [6.07, 6.45) is 4.73. The third kappa shape index (κ3) is 3.57. The number of rotatable bonds is 6. The molecule has 3 aromatic rings. The summed E-state index contributed by atoms with van der Waals surface area (Å²) >= 11 is 0. The first-order valence-electron chi connectivity index (χ1n) is 9.54. The molecule has 30 heavy (non-hydrogen) atoms. The van der Waals surface area contributed by atoms with Crippen molar-refractivity contribution < 1.29 is 23.8 Å². The zero-order chi connectivity index (χ0) is 21.1. The van der Waals surface area contributed by atoms with Crippen LogP contribution in [0.4, 0.5) is 0 Å². The Morgan fingerprint density at radius 1 is 1.20 bits per heavy atom. The van der Waals surface area contributed by atoms with Crippen LogP contribution in [0.15, 0.2) is 77.2 Å². The molecular weight excluding hydrogens is 384 g/mol. The molecule has 1 atom stereocenters. The minimum Gasteiger partial charge on any atom is -0.507 e. The summed E-state index contributed by atoms with van der Waals surface area (Å²) in [4.78, 5) is 31.3. The standard InChI is InChI=1S/C23H20N2O5/c1-2-29-17-8-3-7-16(12-17)21(26)19-20(18-9-5-11-30-18)25(23(28)22(19)27)14-15-6-4-10-24-13-15/h3-13,20,26H,2,14H2,1H3/t20-/m0/s1. The van der Waals surface area contributed by atoms with Crippen molar-refractivity contribution >= 4 is 17.4 Å². The third-order valence-corrected chi connectivity index (χ3v) is 4.85. The quantitative estimate of drug-likeness (QED) is 0.383. The Kier molecular flexibility index (Phi) is 5.34. The fraction of sp³-hybridized carbons (Fsp3) is 0.174. The van der Waals surface area contributed by atoms with Gasteiger partial charge in [0, 0.05) is 24.5 Å². The fourth-order valence-electron chi connectivity index (χ4n) is 3.53. The van der Waals surface area contributed by atoms with Gasteiger partial charge in [-0.15, -0.1) is 0 Å². The molecule has 7 heteroatoms.